The molecular formula is C27H35FN2O7S. The van der Waals surface area contributed by atoms with Crippen LogP contribution in [0.3, 0.4) is 0 Å². The van der Waals surface area contributed by atoms with Crippen LogP contribution in [-0.4, -0.2) is 57.6 Å². The van der Waals surface area contributed by atoms with E-state index in [1.165, 1.54) is 11.0 Å². The summed E-state index contributed by atoms with van der Waals surface area (Å²) in [5.41, 5.74) is 0.744. The van der Waals surface area contributed by atoms with E-state index in [0.717, 1.165) is 6.26 Å². The molecule has 2 aromatic rings. The van der Waals surface area contributed by atoms with Crippen molar-refractivity contribution >= 4 is 21.7 Å². The van der Waals surface area contributed by atoms with Gasteiger partial charge in [0.05, 0.1) is 38.2 Å². The van der Waals surface area contributed by atoms with Gasteiger partial charge in [0, 0.05) is 17.7 Å². The number of fused-ring (bicyclic) bond motifs is 1. The number of carbonyl (C=O) groups is 1. The van der Waals surface area contributed by atoms with E-state index >= 15 is 4.39 Å². The van der Waals surface area contributed by atoms with E-state index in [2.05, 4.69) is 0 Å². The molecule has 1 aliphatic rings. The average Bonchev–Trinajstić information content (AvgIpc) is 3.11. The number of benzene rings is 2. The fraction of sp³-hybridized carbons (Fsp3) is 0.481. The number of Topliss-reactive ketones (excluding diaryl/α,β-unsaturated/α-hetero) is 1. The minimum atomic E-state index is -3.87. The van der Waals surface area contributed by atoms with Gasteiger partial charge in [0.15, 0.2) is 34.6 Å². The second-order valence-corrected chi connectivity index (χ2v) is 11.4. The van der Waals surface area contributed by atoms with E-state index in [1.54, 1.807) is 32.9 Å². The molecule has 0 saturated heterocycles. The molecule has 0 spiro atoms. The van der Waals surface area contributed by atoms with Crippen molar-refractivity contribution in [1.82, 2.24) is 4.90 Å². The Morgan fingerprint density at radius 3 is 2.11 bits per heavy atom. The molecule has 0 bridgehead atoms. The molecule has 0 fully saturated rings. The Bertz CT molecular complexity index is 1350. The maximum absolute atomic E-state index is 15.4. The minimum Gasteiger partial charge on any atom is -0.490 e. The molecule has 0 atom stereocenters. The van der Waals surface area contributed by atoms with E-state index in [9.17, 15) is 13.2 Å². The number of nitrogens with one attached hydrogen (secondary N) is 1. The first-order valence-corrected chi connectivity index (χ1v) is 14.2. The third kappa shape index (κ3) is 6.20. The van der Waals surface area contributed by atoms with Crippen molar-refractivity contribution in [1.29, 1.82) is 5.41 Å². The van der Waals surface area contributed by atoms with Crippen LogP contribution in [-0.2, 0) is 22.1 Å². The zero-order chi connectivity index (χ0) is 28.4. The van der Waals surface area contributed by atoms with E-state index < -0.39 is 21.4 Å². The molecule has 2 aromatic carbocycles. The quantitative estimate of drug-likeness (QED) is 0.317. The van der Waals surface area contributed by atoms with Crippen molar-refractivity contribution < 1.29 is 36.0 Å². The zero-order valence-electron chi connectivity index (χ0n) is 22.9. The zero-order valence-corrected chi connectivity index (χ0v) is 23.7. The fourth-order valence-electron chi connectivity index (χ4n) is 4.24. The summed E-state index contributed by atoms with van der Waals surface area (Å²) in [6, 6.07) is 4.67. The molecule has 11 heteroatoms. The molecule has 0 aromatic heterocycles. The Morgan fingerprint density at radius 2 is 1.58 bits per heavy atom. The number of carbonyl (C=O) groups excluding carboxylic acids is 1. The molecule has 208 valence electrons. The Hall–Kier alpha value is -3.34. The maximum atomic E-state index is 15.4. The van der Waals surface area contributed by atoms with Crippen molar-refractivity contribution in [2.75, 3.05) is 32.6 Å². The first-order valence-electron chi connectivity index (χ1n) is 12.4. The van der Waals surface area contributed by atoms with Gasteiger partial charge < -0.3 is 23.3 Å². The van der Waals surface area contributed by atoms with Crippen LogP contribution in [0.4, 0.5) is 4.39 Å². The lowest BCUT2D eigenvalue weighted by molar-refractivity contribution is 0.0962. The summed E-state index contributed by atoms with van der Waals surface area (Å²) in [5.74, 6) is -0.809. The molecule has 1 aliphatic heterocycles. The number of amidine groups is 1. The smallest absolute Gasteiger partial charge is 0.306 e. The Morgan fingerprint density at radius 1 is 1.00 bits per heavy atom. The average molecular weight is 551 g/mol. The highest BCUT2D eigenvalue weighted by Gasteiger charge is 2.34. The van der Waals surface area contributed by atoms with Crippen LogP contribution < -0.4 is 18.4 Å². The summed E-state index contributed by atoms with van der Waals surface area (Å²) in [6.45, 7) is 11.5. The van der Waals surface area contributed by atoms with Crippen molar-refractivity contribution in [3.05, 3.63) is 46.3 Å². The van der Waals surface area contributed by atoms with Crippen LogP contribution in [0, 0.1) is 11.2 Å². The molecule has 3 rings (SSSR count). The van der Waals surface area contributed by atoms with Crippen LogP contribution in [0.5, 0.6) is 23.0 Å². The van der Waals surface area contributed by atoms with Gasteiger partial charge >= 0.3 is 10.1 Å². The van der Waals surface area contributed by atoms with Gasteiger partial charge in [-0.1, -0.05) is 20.8 Å². The second kappa shape index (κ2) is 11.2. The topological polar surface area (TPSA) is 115 Å². The van der Waals surface area contributed by atoms with Gasteiger partial charge in [-0.05, 0) is 49.9 Å². The summed E-state index contributed by atoms with van der Waals surface area (Å²) in [6.07, 6.45) is 0.942. The first kappa shape index (κ1) is 29.2. The second-order valence-electron chi connectivity index (χ2n) is 9.87. The SMILES string of the molecule is CCOc1cc(C(=O)CN2Cc3cc(OCC)c(OCC)c(F)c3C2=N)cc(C(C)(C)C)c1OS(C)(=O)=O. The third-order valence-electron chi connectivity index (χ3n) is 5.83. The molecule has 0 saturated carbocycles. The Labute approximate surface area is 223 Å². The van der Waals surface area contributed by atoms with Crippen LogP contribution in [0.2, 0.25) is 0 Å². The number of rotatable bonds is 11. The highest BCUT2D eigenvalue weighted by atomic mass is 32.2. The molecule has 0 aliphatic carbocycles. The maximum Gasteiger partial charge on any atom is 0.306 e. The number of hydrogen-bond donors (Lipinski definition) is 1. The Kier molecular flexibility index (Phi) is 8.60. The van der Waals surface area contributed by atoms with Gasteiger partial charge in [-0.3, -0.25) is 10.2 Å². The fourth-order valence-corrected chi connectivity index (χ4v) is 4.72. The van der Waals surface area contributed by atoms with Crippen LogP contribution in [0.25, 0.3) is 0 Å². The number of ether oxygens (including phenoxy) is 3. The van der Waals surface area contributed by atoms with E-state index in [-0.39, 0.29) is 72.0 Å². The molecule has 0 unspecified atom stereocenters. The van der Waals surface area contributed by atoms with Gasteiger partial charge in [0.25, 0.3) is 0 Å². The van der Waals surface area contributed by atoms with Crippen molar-refractivity contribution in [2.45, 2.75) is 53.5 Å². The van der Waals surface area contributed by atoms with E-state index in [1.807, 2.05) is 20.8 Å². The number of halogens is 1. The van der Waals surface area contributed by atoms with Crippen LogP contribution in [0.1, 0.15) is 68.6 Å². The minimum absolute atomic E-state index is 0.0358. The molecule has 9 nitrogen and oxygen atoms in total. The highest BCUT2D eigenvalue weighted by molar-refractivity contribution is 7.86. The van der Waals surface area contributed by atoms with Gasteiger partial charge in [0.1, 0.15) is 5.84 Å². The normalized spacial score (nSPS) is 13.4. The summed E-state index contributed by atoms with van der Waals surface area (Å²) in [7, 11) is -3.87. The van der Waals surface area contributed by atoms with E-state index in [4.69, 9.17) is 23.8 Å². The monoisotopic (exact) mass is 550 g/mol. The lowest BCUT2D eigenvalue weighted by Crippen LogP contribution is -2.30. The molecule has 1 N–H and O–H groups in total. The highest BCUT2D eigenvalue weighted by Crippen LogP contribution is 2.42. The van der Waals surface area contributed by atoms with Crippen LogP contribution >= 0.6 is 0 Å². The molecule has 1 heterocycles. The van der Waals surface area contributed by atoms with Crippen molar-refractivity contribution in [3.8, 4) is 23.0 Å². The predicted molar refractivity (Wildman–Crippen MR) is 142 cm³/mol. The summed E-state index contributed by atoms with van der Waals surface area (Å²) in [5, 5.41) is 8.59. The van der Waals surface area contributed by atoms with Gasteiger partial charge in [-0.15, -0.1) is 0 Å². The van der Waals surface area contributed by atoms with Crippen LogP contribution in [0.15, 0.2) is 18.2 Å². The lowest BCUT2D eigenvalue weighted by Gasteiger charge is -2.25. The largest absolute Gasteiger partial charge is 0.490 e. The number of hydrogen-bond acceptors (Lipinski definition) is 8. The summed E-state index contributed by atoms with van der Waals surface area (Å²) in [4.78, 5) is 14.9. The van der Waals surface area contributed by atoms with Gasteiger partial charge in [-0.25, -0.2) is 4.39 Å². The molecule has 38 heavy (non-hydrogen) atoms. The third-order valence-corrected chi connectivity index (χ3v) is 6.30. The summed E-state index contributed by atoms with van der Waals surface area (Å²) < 4.78 is 61.3. The van der Waals surface area contributed by atoms with Crippen molar-refractivity contribution in [2.24, 2.45) is 0 Å². The molecule has 0 amide bonds. The van der Waals surface area contributed by atoms with Gasteiger partial charge in [0.2, 0.25) is 0 Å². The van der Waals surface area contributed by atoms with E-state index in [0.29, 0.717) is 17.7 Å². The van der Waals surface area contributed by atoms with Gasteiger partial charge in [-0.2, -0.15) is 8.42 Å². The standard InChI is InChI=1S/C27H35FN2O7S/c1-8-34-20-12-16(11-18(27(4,5)6)24(20)37-38(7,32)33)19(31)15-30-14-17-13-21(35-9-2)25(36-10-3)23(28)22(17)26(30)29/h11-13,29H,8-10,14-15H2,1-7H3. The predicted octanol–water partition coefficient (Wildman–Crippen LogP) is 4.68. The lowest BCUT2D eigenvalue weighted by atomic mass is 9.84. The number of nitrogens with zero attached hydrogens (tertiary/aromatic N) is 1. The molecular weight excluding hydrogens is 515 g/mol. The summed E-state index contributed by atoms with van der Waals surface area (Å²) >= 11 is 0. The number of ketones is 1. The molecule has 0 radical (unpaired) electrons. The Balaban J connectivity index is 1.99. The first-order chi connectivity index (χ1) is 17.7. The van der Waals surface area contributed by atoms with Crippen molar-refractivity contribution in [3.63, 3.8) is 0 Å².